The van der Waals surface area contributed by atoms with Gasteiger partial charge in [0.25, 0.3) is 5.91 Å². The first-order chi connectivity index (χ1) is 13.6. The maximum absolute atomic E-state index is 12.5. The molecular formula is C20H19N7O. The third-order valence-corrected chi connectivity index (χ3v) is 4.28. The minimum absolute atomic E-state index is 0.159. The molecule has 0 saturated heterocycles. The molecule has 4 rings (SSSR count). The Morgan fingerprint density at radius 3 is 2.54 bits per heavy atom. The number of benzene rings is 1. The van der Waals surface area contributed by atoms with Crippen molar-refractivity contribution in [1.29, 1.82) is 0 Å². The van der Waals surface area contributed by atoms with Crippen molar-refractivity contribution in [2.75, 3.05) is 0 Å². The number of hydrogen-bond donors (Lipinski definition) is 1. The second kappa shape index (κ2) is 7.43. The average Bonchev–Trinajstić information content (AvgIpc) is 3.39. The fourth-order valence-corrected chi connectivity index (χ4v) is 2.82. The highest BCUT2D eigenvalue weighted by molar-refractivity contribution is 5.94. The summed E-state index contributed by atoms with van der Waals surface area (Å²) in [6.07, 6.45) is 6.77. The van der Waals surface area contributed by atoms with E-state index in [2.05, 4.69) is 25.5 Å². The maximum atomic E-state index is 12.5. The van der Waals surface area contributed by atoms with Gasteiger partial charge >= 0.3 is 0 Å². The Bertz CT molecular complexity index is 1100. The van der Waals surface area contributed by atoms with Gasteiger partial charge in [-0.05, 0) is 49.7 Å². The number of hydrogen-bond acceptors (Lipinski definition) is 5. The van der Waals surface area contributed by atoms with Crippen LogP contribution in [0.1, 0.15) is 27.2 Å². The van der Waals surface area contributed by atoms with E-state index in [9.17, 15) is 4.79 Å². The molecule has 0 spiro atoms. The summed E-state index contributed by atoms with van der Waals surface area (Å²) in [6, 6.07) is 11.2. The second-order valence-electron chi connectivity index (χ2n) is 6.47. The highest BCUT2D eigenvalue weighted by Crippen LogP contribution is 2.13. The summed E-state index contributed by atoms with van der Waals surface area (Å²) in [5, 5.41) is 11.3. The highest BCUT2D eigenvalue weighted by Gasteiger charge is 2.11. The minimum Gasteiger partial charge on any atom is -0.348 e. The maximum Gasteiger partial charge on any atom is 0.251 e. The molecule has 0 bridgehead atoms. The van der Waals surface area contributed by atoms with Crippen molar-refractivity contribution in [3.63, 3.8) is 0 Å². The van der Waals surface area contributed by atoms with Gasteiger partial charge in [-0.2, -0.15) is 10.2 Å². The summed E-state index contributed by atoms with van der Waals surface area (Å²) < 4.78 is 3.37. The molecule has 0 atom stereocenters. The Labute approximate surface area is 161 Å². The predicted molar refractivity (Wildman–Crippen MR) is 103 cm³/mol. The third kappa shape index (κ3) is 3.66. The van der Waals surface area contributed by atoms with Crippen molar-refractivity contribution < 1.29 is 4.79 Å². The molecule has 0 saturated carbocycles. The summed E-state index contributed by atoms with van der Waals surface area (Å²) in [5.41, 5.74) is 4.28. The number of aryl methyl sites for hydroxylation is 2. The van der Waals surface area contributed by atoms with E-state index < -0.39 is 0 Å². The number of amides is 1. The Hall–Kier alpha value is -3.81. The van der Waals surface area contributed by atoms with Crippen molar-refractivity contribution >= 4 is 5.91 Å². The van der Waals surface area contributed by atoms with Crippen LogP contribution in [-0.4, -0.2) is 35.4 Å². The van der Waals surface area contributed by atoms with Gasteiger partial charge in [-0.1, -0.05) is 6.07 Å². The molecular weight excluding hydrogens is 354 g/mol. The highest BCUT2D eigenvalue weighted by atomic mass is 16.1. The Kier molecular flexibility index (Phi) is 4.67. The van der Waals surface area contributed by atoms with Crippen LogP contribution >= 0.6 is 0 Å². The van der Waals surface area contributed by atoms with Crippen molar-refractivity contribution in [2.24, 2.45) is 0 Å². The molecule has 3 heterocycles. The molecule has 3 aromatic heterocycles. The fourth-order valence-electron chi connectivity index (χ4n) is 2.82. The Balaban J connectivity index is 1.48. The average molecular weight is 373 g/mol. The van der Waals surface area contributed by atoms with E-state index >= 15 is 0 Å². The predicted octanol–water partition coefficient (Wildman–Crippen LogP) is 2.39. The number of carbonyl (C=O) groups is 1. The van der Waals surface area contributed by atoms with Crippen LogP contribution in [-0.2, 0) is 6.54 Å². The van der Waals surface area contributed by atoms with E-state index in [1.165, 1.54) is 6.33 Å². The van der Waals surface area contributed by atoms with Gasteiger partial charge in [0.15, 0.2) is 5.82 Å². The first-order valence-electron chi connectivity index (χ1n) is 8.81. The van der Waals surface area contributed by atoms with Gasteiger partial charge in [0, 0.05) is 29.6 Å². The molecule has 0 fully saturated rings. The molecule has 0 aliphatic heterocycles. The molecule has 1 aromatic carbocycles. The molecule has 0 aliphatic rings. The largest absolute Gasteiger partial charge is 0.348 e. The molecule has 1 amide bonds. The van der Waals surface area contributed by atoms with Crippen molar-refractivity contribution in [2.45, 2.75) is 20.4 Å². The van der Waals surface area contributed by atoms with Gasteiger partial charge in [0.2, 0.25) is 0 Å². The van der Waals surface area contributed by atoms with Gasteiger partial charge in [0.1, 0.15) is 12.7 Å². The van der Waals surface area contributed by atoms with Gasteiger partial charge in [-0.3, -0.25) is 4.79 Å². The van der Waals surface area contributed by atoms with Crippen molar-refractivity contribution in [1.82, 2.24) is 34.8 Å². The van der Waals surface area contributed by atoms with E-state index in [0.717, 1.165) is 22.5 Å². The van der Waals surface area contributed by atoms with E-state index in [4.69, 9.17) is 0 Å². The van der Waals surface area contributed by atoms with Crippen LogP contribution in [0.2, 0.25) is 0 Å². The van der Waals surface area contributed by atoms with Crippen LogP contribution in [0.5, 0.6) is 0 Å². The lowest BCUT2D eigenvalue weighted by Crippen LogP contribution is -2.24. The second-order valence-corrected chi connectivity index (χ2v) is 6.47. The summed E-state index contributed by atoms with van der Waals surface area (Å²) in [7, 11) is 0. The minimum atomic E-state index is -0.159. The van der Waals surface area contributed by atoms with E-state index in [1.807, 2.05) is 44.3 Å². The number of nitrogens with zero attached hydrogens (tertiary/aromatic N) is 6. The van der Waals surface area contributed by atoms with Gasteiger partial charge in [0.05, 0.1) is 11.9 Å². The SMILES string of the molecule is Cc1cnn(-c2ccc(C(=O)NCc3ccc(C)nc3-n3cncn3)cc2)c1. The molecule has 28 heavy (non-hydrogen) atoms. The molecule has 1 N–H and O–H groups in total. The molecule has 4 aromatic rings. The first-order valence-corrected chi connectivity index (χ1v) is 8.81. The lowest BCUT2D eigenvalue weighted by molar-refractivity contribution is 0.0951. The zero-order chi connectivity index (χ0) is 19.5. The van der Waals surface area contributed by atoms with Gasteiger partial charge in [-0.25, -0.2) is 19.3 Å². The standard InChI is InChI=1S/C20H19N7O/c1-14-9-23-26(11-14)18-7-5-16(6-8-18)20(28)22-10-17-4-3-15(2)25-19(17)27-13-21-12-24-27/h3-9,11-13H,10H2,1-2H3,(H,22,28). The molecule has 8 nitrogen and oxygen atoms in total. The molecule has 140 valence electrons. The first kappa shape index (κ1) is 17.6. The van der Waals surface area contributed by atoms with Crippen LogP contribution in [0.3, 0.4) is 0 Å². The van der Waals surface area contributed by atoms with E-state index in [-0.39, 0.29) is 5.91 Å². The van der Waals surface area contributed by atoms with Gasteiger partial charge < -0.3 is 5.32 Å². The number of aromatic nitrogens is 6. The van der Waals surface area contributed by atoms with Crippen molar-refractivity contribution in [3.05, 3.63) is 83.8 Å². The fraction of sp³-hybridized carbons (Fsp3) is 0.150. The summed E-state index contributed by atoms with van der Waals surface area (Å²) >= 11 is 0. The quantitative estimate of drug-likeness (QED) is 0.580. The Morgan fingerprint density at radius 2 is 1.86 bits per heavy atom. The van der Waals surface area contributed by atoms with Crippen LogP contribution in [0.4, 0.5) is 0 Å². The van der Waals surface area contributed by atoms with Crippen LogP contribution in [0.15, 0.2) is 61.4 Å². The summed E-state index contributed by atoms with van der Waals surface area (Å²) in [5.74, 6) is 0.496. The number of rotatable bonds is 5. The van der Waals surface area contributed by atoms with Crippen LogP contribution in [0, 0.1) is 13.8 Å². The van der Waals surface area contributed by atoms with E-state index in [1.54, 1.807) is 34.0 Å². The number of pyridine rings is 1. The molecule has 8 heteroatoms. The van der Waals surface area contributed by atoms with Crippen LogP contribution < -0.4 is 5.32 Å². The zero-order valence-electron chi connectivity index (χ0n) is 15.6. The Morgan fingerprint density at radius 1 is 1.04 bits per heavy atom. The summed E-state index contributed by atoms with van der Waals surface area (Å²) in [6.45, 7) is 4.23. The number of nitrogens with one attached hydrogen (secondary N) is 1. The lowest BCUT2D eigenvalue weighted by Gasteiger charge is -2.11. The lowest BCUT2D eigenvalue weighted by atomic mass is 10.1. The molecule has 0 aliphatic carbocycles. The molecule has 0 unspecified atom stereocenters. The number of carbonyl (C=O) groups excluding carboxylic acids is 1. The molecule has 0 radical (unpaired) electrons. The monoisotopic (exact) mass is 373 g/mol. The van der Waals surface area contributed by atoms with Gasteiger partial charge in [-0.15, -0.1) is 0 Å². The van der Waals surface area contributed by atoms with E-state index in [0.29, 0.717) is 17.9 Å². The smallest absolute Gasteiger partial charge is 0.251 e. The summed E-state index contributed by atoms with van der Waals surface area (Å²) in [4.78, 5) is 21.0. The van der Waals surface area contributed by atoms with Crippen molar-refractivity contribution in [3.8, 4) is 11.5 Å². The van der Waals surface area contributed by atoms with Crippen LogP contribution in [0.25, 0.3) is 11.5 Å². The topological polar surface area (TPSA) is 90.5 Å². The zero-order valence-corrected chi connectivity index (χ0v) is 15.6. The third-order valence-electron chi connectivity index (χ3n) is 4.28. The normalized spacial score (nSPS) is 10.8.